The summed E-state index contributed by atoms with van der Waals surface area (Å²) in [6.07, 6.45) is -0.931. The molecule has 1 heterocycles. The van der Waals surface area contributed by atoms with Crippen molar-refractivity contribution < 1.29 is 18.3 Å². The Morgan fingerprint density at radius 2 is 1.96 bits per heavy atom. The monoisotopic (exact) mass is 336 g/mol. The van der Waals surface area contributed by atoms with Crippen LogP contribution in [-0.2, 0) is 11.3 Å². The molecule has 0 spiro atoms. The predicted octanol–water partition coefficient (Wildman–Crippen LogP) is 2.35. The predicted molar refractivity (Wildman–Crippen MR) is 84.8 cm³/mol. The first-order valence-corrected chi connectivity index (χ1v) is 7.36. The number of nitrogens with one attached hydrogen (secondary N) is 2. The van der Waals surface area contributed by atoms with E-state index in [9.17, 15) is 18.4 Å². The van der Waals surface area contributed by atoms with E-state index in [4.69, 9.17) is 4.74 Å². The molecule has 1 aromatic carbocycles. The van der Waals surface area contributed by atoms with Crippen molar-refractivity contribution in [2.24, 2.45) is 0 Å². The largest absolute Gasteiger partial charge is 0.481 e. The van der Waals surface area contributed by atoms with Crippen molar-refractivity contribution >= 4 is 5.91 Å². The number of aromatic nitrogens is 1. The minimum absolute atomic E-state index is 0.0425. The molecule has 0 aliphatic carbocycles. The Balaban J connectivity index is 1.99. The Bertz CT molecular complexity index is 818. The zero-order chi connectivity index (χ0) is 17.9. The average molecular weight is 336 g/mol. The van der Waals surface area contributed by atoms with Crippen LogP contribution in [0.25, 0.3) is 0 Å². The van der Waals surface area contributed by atoms with Gasteiger partial charge in [0.1, 0.15) is 5.75 Å². The number of carbonyl (C=O) groups is 1. The van der Waals surface area contributed by atoms with Crippen LogP contribution in [0.3, 0.4) is 0 Å². The van der Waals surface area contributed by atoms with Gasteiger partial charge in [0.2, 0.25) is 0 Å². The fraction of sp³-hybridized carbons (Fsp3) is 0.294. The molecule has 0 bridgehead atoms. The summed E-state index contributed by atoms with van der Waals surface area (Å²) in [5.41, 5.74) is 1.70. The Labute approximate surface area is 137 Å². The molecule has 0 unspecified atom stereocenters. The normalized spacial score (nSPS) is 11.9. The molecular weight excluding hydrogens is 318 g/mol. The molecule has 1 atom stereocenters. The number of benzene rings is 1. The molecule has 2 N–H and O–H groups in total. The third-order valence-electron chi connectivity index (χ3n) is 3.51. The lowest BCUT2D eigenvalue weighted by Gasteiger charge is -2.15. The summed E-state index contributed by atoms with van der Waals surface area (Å²) in [7, 11) is 0. The highest BCUT2D eigenvalue weighted by atomic mass is 19.2. The van der Waals surface area contributed by atoms with Crippen molar-refractivity contribution in [2.45, 2.75) is 33.4 Å². The van der Waals surface area contributed by atoms with Crippen LogP contribution in [-0.4, -0.2) is 17.0 Å². The first kappa shape index (κ1) is 17.7. The lowest BCUT2D eigenvalue weighted by molar-refractivity contribution is -0.127. The van der Waals surface area contributed by atoms with E-state index in [0.29, 0.717) is 5.56 Å². The molecule has 24 heavy (non-hydrogen) atoms. The molecular formula is C17H18F2N2O3. The summed E-state index contributed by atoms with van der Waals surface area (Å²) in [4.78, 5) is 26.6. The molecule has 2 aromatic rings. The SMILES string of the molecule is Cc1cc(C)c(CNC(=O)[C@H](C)Oc2ccc(F)c(F)c2)c(=O)[nH]1. The van der Waals surface area contributed by atoms with E-state index in [-0.39, 0.29) is 17.9 Å². The summed E-state index contributed by atoms with van der Waals surface area (Å²) in [5, 5.41) is 2.59. The molecule has 2 rings (SSSR count). The van der Waals surface area contributed by atoms with Gasteiger partial charge in [0.15, 0.2) is 17.7 Å². The maximum atomic E-state index is 13.1. The van der Waals surface area contributed by atoms with Gasteiger partial charge in [0, 0.05) is 23.9 Å². The third kappa shape index (κ3) is 4.18. The average Bonchev–Trinajstić information content (AvgIpc) is 2.49. The number of pyridine rings is 1. The van der Waals surface area contributed by atoms with Crippen molar-refractivity contribution in [3.8, 4) is 5.75 Å². The third-order valence-corrected chi connectivity index (χ3v) is 3.51. The number of amides is 1. The van der Waals surface area contributed by atoms with E-state index >= 15 is 0 Å². The number of ether oxygens (including phenoxy) is 1. The quantitative estimate of drug-likeness (QED) is 0.880. The molecule has 0 aliphatic heterocycles. The number of rotatable bonds is 5. The van der Waals surface area contributed by atoms with Gasteiger partial charge >= 0.3 is 0 Å². The summed E-state index contributed by atoms with van der Waals surface area (Å²) in [6, 6.07) is 4.83. The van der Waals surface area contributed by atoms with Gasteiger partial charge in [-0.15, -0.1) is 0 Å². The van der Waals surface area contributed by atoms with Gasteiger partial charge in [0.05, 0.1) is 0 Å². The number of hydrogen-bond donors (Lipinski definition) is 2. The molecule has 0 radical (unpaired) electrons. The fourth-order valence-corrected chi connectivity index (χ4v) is 2.23. The Morgan fingerprint density at radius 1 is 1.25 bits per heavy atom. The van der Waals surface area contributed by atoms with Crippen molar-refractivity contribution in [1.82, 2.24) is 10.3 Å². The van der Waals surface area contributed by atoms with Crippen LogP contribution in [0.1, 0.15) is 23.7 Å². The molecule has 1 amide bonds. The van der Waals surface area contributed by atoms with Crippen molar-refractivity contribution in [2.75, 3.05) is 0 Å². The van der Waals surface area contributed by atoms with Crippen LogP contribution in [0.2, 0.25) is 0 Å². The molecule has 1 aromatic heterocycles. The number of hydrogen-bond acceptors (Lipinski definition) is 3. The molecule has 7 heteroatoms. The van der Waals surface area contributed by atoms with E-state index in [0.717, 1.165) is 23.4 Å². The smallest absolute Gasteiger partial charge is 0.261 e. The van der Waals surface area contributed by atoms with Gasteiger partial charge in [-0.2, -0.15) is 0 Å². The molecule has 5 nitrogen and oxygen atoms in total. The molecule has 128 valence electrons. The van der Waals surface area contributed by atoms with Crippen molar-refractivity contribution in [3.63, 3.8) is 0 Å². The summed E-state index contributed by atoms with van der Waals surface area (Å²) >= 11 is 0. The second-order valence-corrected chi connectivity index (χ2v) is 5.50. The van der Waals surface area contributed by atoms with Crippen LogP contribution >= 0.6 is 0 Å². The summed E-state index contributed by atoms with van der Waals surface area (Å²) < 4.78 is 31.3. The van der Waals surface area contributed by atoms with Gasteiger partial charge in [-0.25, -0.2) is 8.78 Å². The topological polar surface area (TPSA) is 71.2 Å². The van der Waals surface area contributed by atoms with E-state index in [2.05, 4.69) is 10.3 Å². The Morgan fingerprint density at radius 3 is 2.58 bits per heavy atom. The first-order valence-electron chi connectivity index (χ1n) is 7.36. The van der Waals surface area contributed by atoms with Crippen molar-refractivity contribution in [3.05, 3.63) is 63.1 Å². The minimum Gasteiger partial charge on any atom is -0.481 e. The van der Waals surface area contributed by atoms with Crippen molar-refractivity contribution in [1.29, 1.82) is 0 Å². The lowest BCUT2D eigenvalue weighted by atomic mass is 10.1. The summed E-state index contributed by atoms with van der Waals surface area (Å²) in [5.74, 6) is -2.48. The number of aromatic amines is 1. The molecule has 0 fully saturated rings. The highest BCUT2D eigenvalue weighted by Gasteiger charge is 2.16. The van der Waals surface area contributed by atoms with E-state index in [1.807, 2.05) is 6.07 Å². The Kier molecular flexibility index (Phi) is 5.33. The maximum Gasteiger partial charge on any atom is 0.261 e. The van der Waals surface area contributed by atoms with Gasteiger partial charge in [-0.1, -0.05) is 0 Å². The minimum atomic E-state index is -1.05. The lowest BCUT2D eigenvalue weighted by Crippen LogP contribution is -2.37. The number of H-pyrrole nitrogens is 1. The first-order chi connectivity index (χ1) is 11.3. The zero-order valence-electron chi connectivity index (χ0n) is 13.6. The fourth-order valence-electron chi connectivity index (χ4n) is 2.23. The van der Waals surface area contributed by atoms with Crippen LogP contribution in [0.5, 0.6) is 5.75 Å². The zero-order valence-corrected chi connectivity index (χ0v) is 13.6. The second-order valence-electron chi connectivity index (χ2n) is 5.50. The van der Waals surface area contributed by atoms with Gasteiger partial charge in [-0.3, -0.25) is 9.59 Å². The molecule has 0 saturated heterocycles. The standard InChI is InChI=1S/C17H18F2N2O3/c1-9-6-10(2)21-17(23)13(9)8-20-16(22)11(3)24-12-4-5-14(18)15(19)7-12/h4-7,11H,8H2,1-3H3,(H,20,22)(H,21,23)/t11-/m0/s1. The highest BCUT2D eigenvalue weighted by Crippen LogP contribution is 2.16. The molecule has 0 saturated carbocycles. The van der Waals surface area contributed by atoms with Crippen LogP contribution in [0.15, 0.2) is 29.1 Å². The van der Waals surface area contributed by atoms with E-state index < -0.39 is 23.6 Å². The Hall–Kier alpha value is -2.70. The van der Waals surface area contributed by atoms with Crippen LogP contribution in [0.4, 0.5) is 8.78 Å². The second kappa shape index (κ2) is 7.25. The van der Waals surface area contributed by atoms with E-state index in [1.54, 1.807) is 13.8 Å². The van der Waals surface area contributed by atoms with Gasteiger partial charge < -0.3 is 15.0 Å². The summed E-state index contributed by atoms with van der Waals surface area (Å²) in [6.45, 7) is 5.08. The number of aryl methyl sites for hydroxylation is 2. The van der Waals surface area contributed by atoms with Gasteiger partial charge in [0.25, 0.3) is 11.5 Å². The highest BCUT2D eigenvalue weighted by molar-refractivity contribution is 5.80. The van der Waals surface area contributed by atoms with Crippen LogP contribution in [0, 0.1) is 25.5 Å². The van der Waals surface area contributed by atoms with Crippen LogP contribution < -0.4 is 15.6 Å². The number of carbonyl (C=O) groups excluding carboxylic acids is 1. The maximum absolute atomic E-state index is 13.1. The molecule has 0 aliphatic rings. The number of halogens is 2. The van der Waals surface area contributed by atoms with Gasteiger partial charge in [-0.05, 0) is 44.5 Å². The van der Waals surface area contributed by atoms with E-state index in [1.165, 1.54) is 13.0 Å².